The summed E-state index contributed by atoms with van der Waals surface area (Å²) in [6.45, 7) is 0.899. The van der Waals surface area contributed by atoms with Crippen molar-refractivity contribution in [1.82, 2.24) is 15.1 Å². The number of likely N-dealkylation sites (tertiary alicyclic amines) is 1. The monoisotopic (exact) mass is 355 g/mol. The highest BCUT2D eigenvalue weighted by Gasteiger charge is 2.36. The number of carbonyl (C=O) groups is 2. The second-order valence-corrected chi connectivity index (χ2v) is 6.80. The molecule has 1 aromatic carbocycles. The summed E-state index contributed by atoms with van der Waals surface area (Å²) in [5, 5.41) is 3.00. The summed E-state index contributed by atoms with van der Waals surface area (Å²) in [4.78, 5) is 28.7. The molecule has 0 aliphatic carbocycles. The average Bonchev–Trinajstić information content (AvgIpc) is 3.27. The van der Waals surface area contributed by atoms with E-state index in [1.54, 1.807) is 11.2 Å². The lowest BCUT2D eigenvalue weighted by atomic mass is 10.1. The van der Waals surface area contributed by atoms with Crippen molar-refractivity contribution in [2.45, 2.75) is 31.5 Å². The Morgan fingerprint density at radius 3 is 2.69 bits per heavy atom. The number of nitrogens with one attached hydrogen (secondary N) is 1. The number of benzene rings is 1. The van der Waals surface area contributed by atoms with E-state index in [4.69, 9.17) is 4.42 Å². The van der Waals surface area contributed by atoms with Gasteiger partial charge < -0.3 is 14.6 Å². The van der Waals surface area contributed by atoms with Crippen LogP contribution in [-0.2, 0) is 16.1 Å². The lowest BCUT2D eigenvalue weighted by molar-refractivity contribution is -0.135. The number of carbonyl (C=O) groups excluding carboxylic acids is 2. The van der Waals surface area contributed by atoms with Crippen LogP contribution in [-0.4, -0.2) is 48.3 Å². The molecule has 1 saturated heterocycles. The summed E-state index contributed by atoms with van der Waals surface area (Å²) >= 11 is 0. The normalized spacial score (nSPS) is 18.3. The van der Waals surface area contributed by atoms with Gasteiger partial charge in [0.1, 0.15) is 11.8 Å². The second-order valence-electron chi connectivity index (χ2n) is 6.80. The molecule has 3 rings (SSSR count). The van der Waals surface area contributed by atoms with E-state index < -0.39 is 6.04 Å². The predicted molar refractivity (Wildman–Crippen MR) is 98.2 cm³/mol. The van der Waals surface area contributed by atoms with E-state index >= 15 is 0 Å². The van der Waals surface area contributed by atoms with Gasteiger partial charge in [-0.25, -0.2) is 0 Å². The molecule has 2 heterocycles. The molecule has 138 valence electrons. The minimum absolute atomic E-state index is 0.0317. The Morgan fingerprint density at radius 2 is 2.04 bits per heavy atom. The van der Waals surface area contributed by atoms with Crippen LogP contribution in [0.3, 0.4) is 0 Å². The van der Waals surface area contributed by atoms with Crippen LogP contribution in [0.2, 0.25) is 0 Å². The van der Waals surface area contributed by atoms with E-state index in [0.717, 1.165) is 11.3 Å². The van der Waals surface area contributed by atoms with Crippen molar-refractivity contribution in [3.8, 4) is 0 Å². The molecule has 1 aliphatic rings. The average molecular weight is 355 g/mol. The summed E-state index contributed by atoms with van der Waals surface area (Å²) in [5.74, 6) is 0.730. The van der Waals surface area contributed by atoms with E-state index in [1.807, 2.05) is 61.5 Å². The molecule has 0 radical (unpaired) electrons. The number of amides is 2. The molecular formula is C20H25N3O3. The van der Waals surface area contributed by atoms with Gasteiger partial charge in [0.05, 0.1) is 12.3 Å². The Hall–Kier alpha value is -2.60. The minimum Gasteiger partial charge on any atom is -0.468 e. The van der Waals surface area contributed by atoms with Gasteiger partial charge >= 0.3 is 0 Å². The number of likely N-dealkylation sites (N-methyl/N-ethyl adjacent to an activating group) is 1. The predicted octanol–water partition coefficient (Wildman–Crippen LogP) is 2.19. The van der Waals surface area contributed by atoms with Gasteiger partial charge in [0.2, 0.25) is 11.8 Å². The Balaban J connectivity index is 1.63. The Kier molecular flexibility index (Phi) is 5.73. The van der Waals surface area contributed by atoms with Crippen LogP contribution in [0.15, 0.2) is 53.1 Å². The number of nitrogens with zero attached hydrogens (tertiary/aromatic N) is 2. The van der Waals surface area contributed by atoms with Gasteiger partial charge in [-0.3, -0.25) is 14.5 Å². The summed E-state index contributed by atoms with van der Waals surface area (Å²) < 4.78 is 5.47. The topological polar surface area (TPSA) is 65.8 Å². The van der Waals surface area contributed by atoms with Crippen LogP contribution < -0.4 is 5.32 Å². The van der Waals surface area contributed by atoms with Crippen LogP contribution in [0.25, 0.3) is 0 Å². The summed E-state index contributed by atoms with van der Waals surface area (Å²) in [5.41, 5.74) is 1.03. The van der Waals surface area contributed by atoms with Gasteiger partial charge in [-0.2, -0.15) is 0 Å². The standard InChI is InChI=1S/C20H25N3O3/c1-22(2)17(18-9-6-12-26-18)13-21-20(25)16-10-11-19(24)23(16)14-15-7-4-3-5-8-15/h3-9,12,16-17H,10-11,13-14H2,1-2H3,(H,21,25). The third kappa shape index (κ3) is 4.14. The summed E-state index contributed by atoms with van der Waals surface area (Å²) in [7, 11) is 3.89. The highest BCUT2D eigenvalue weighted by atomic mass is 16.3. The van der Waals surface area contributed by atoms with Gasteiger partial charge in [0.15, 0.2) is 0 Å². The molecule has 6 heteroatoms. The number of furan rings is 1. The van der Waals surface area contributed by atoms with Crippen molar-refractivity contribution in [2.75, 3.05) is 20.6 Å². The first-order chi connectivity index (χ1) is 12.6. The molecule has 0 saturated carbocycles. The van der Waals surface area contributed by atoms with Crippen molar-refractivity contribution < 1.29 is 14.0 Å². The quantitative estimate of drug-likeness (QED) is 0.827. The Bertz CT molecular complexity index is 728. The van der Waals surface area contributed by atoms with Gasteiger partial charge in [0.25, 0.3) is 0 Å². The smallest absolute Gasteiger partial charge is 0.242 e. The highest BCUT2D eigenvalue weighted by molar-refractivity contribution is 5.90. The van der Waals surface area contributed by atoms with Crippen molar-refractivity contribution in [1.29, 1.82) is 0 Å². The number of hydrogen-bond donors (Lipinski definition) is 1. The maximum atomic E-state index is 12.7. The fraction of sp³-hybridized carbons (Fsp3) is 0.400. The molecule has 2 aromatic rings. The van der Waals surface area contributed by atoms with Crippen molar-refractivity contribution in [2.24, 2.45) is 0 Å². The fourth-order valence-corrected chi connectivity index (χ4v) is 3.32. The third-order valence-electron chi connectivity index (χ3n) is 4.79. The molecule has 2 unspecified atom stereocenters. The molecule has 1 aromatic heterocycles. The lowest BCUT2D eigenvalue weighted by Gasteiger charge is -2.27. The van der Waals surface area contributed by atoms with E-state index in [1.165, 1.54) is 0 Å². The first-order valence-corrected chi connectivity index (χ1v) is 8.87. The molecule has 0 spiro atoms. The van der Waals surface area contributed by atoms with E-state index in [-0.39, 0.29) is 17.9 Å². The van der Waals surface area contributed by atoms with Crippen molar-refractivity contribution >= 4 is 11.8 Å². The van der Waals surface area contributed by atoms with Crippen molar-refractivity contribution in [3.05, 3.63) is 60.1 Å². The van der Waals surface area contributed by atoms with Crippen molar-refractivity contribution in [3.63, 3.8) is 0 Å². The molecule has 2 amide bonds. The van der Waals surface area contributed by atoms with Gasteiger partial charge in [-0.1, -0.05) is 30.3 Å². The van der Waals surface area contributed by atoms with Crippen LogP contribution in [0, 0.1) is 0 Å². The third-order valence-corrected chi connectivity index (χ3v) is 4.79. The minimum atomic E-state index is -0.415. The molecule has 6 nitrogen and oxygen atoms in total. The lowest BCUT2D eigenvalue weighted by Crippen LogP contribution is -2.46. The summed E-state index contributed by atoms with van der Waals surface area (Å²) in [6, 6.07) is 13.0. The Labute approximate surface area is 153 Å². The largest absolute Gasteiger partial charge is 0.468 e. The first-order valence-electron chi connectivity index (χ1n) is 8.87. The fourth-order valence-electron chi connectivity index (χ4n) is 3.32. The zero-order valence-electron chi connectivity index (χ0n) is 15.2. The van der Waals surface area contributed by atoms with Crippen LogP contribution in [0.1, 0.15) is 30.2 Å². The second kappa shape index (κ2) is 8.19. The SMILES string of the molecule is CN(C)C(CNC(=O)C1CCC(=O)N1Cc1ccccc1)c1ccco1. The van der Waals surface area contributed by atoms with E-state index in [2.05, 4.69) is 5.32 Å². The zero-order chi connectivity index (χ0) is 18.5. The maximum absolute atomic E-state index is 12.7. The van der Waals surface area contributed by atoms with Gasteiger partial charge in [-0.15, -0.1) is 0 Å². The molecule has 26 heavy (non-hydrogen) atoms. The molecule has 2 atom stereocenters. The van der Waals surface area contributed by atoms with Crippen LogP contribution in [0.5, 0.6) is 0 Å². The Morgan fingerprint density at radius 1 is 1.27 bits per heavy atom. The molecule has 1 N–H and O–H groups in total. The first kappa shape index (κ1) is 18.2. The maximum Gasteiger partial charge on any atom is 0.242 e. The number of hydrogen-bond acceptors (Lipinski definition) is 4. The molecular weight excluding hydrogens is 330 g/mol. The summed E-state index contributed by atoms with van der Waals surface area (Å²) in [6.07, 6.45) is 2.61. The van der Waals surface area contributed by atoms with Crippen LogP contribution >= 0.6 is 0 Å². The highest BCUT2D eigenvalue weighted by Crippen LogP contribution is 2.22. The van der Waals surface area contributed by atoms with Gasteiger partial charge in [0, 0.05) is 19.5 Å². The van der Waals surface area contributed by atoms with Crippen LogP contribution in [0.4, 0.5) is 0 Å². The molecule has 1 fully saturated rings. The molecule has 1 aliphatic heterocycles. The number of rotatable bonds is 7. The van der Waals surface area contributed by atoms with Gasteiger partial charge in [-0.05, 0) is 38.2 Å². The van der Waals surface area contributed by atoms with E-state index in [0.29, 0.717) is 25.9 Å². The molecule has 0 bridgehead atoms. The zero-order valence-corrected chi connectivity index (χ0v) is 15.2. The van der Waals surface area contributed by atoms with E-state index in [9.17, 15) is 9.59 Å².